The Morgan fingerprint density at radius 1 is 1.12 bits per heavy atom. The van der Waals surface area contributed by atoms with Crippen LogP contribution in [0.15, 0.2) is 59.8 Å². The molecule has 0 bridgehead atoms. The molecule has 3 aromatic rings. The number of hydrogen-bond acceptors (Lipinski definition) is 5. The number of aromatic nitrogens is 4. The van der Waals surface area contributed by atoms with E-state index >= 15 is 0 Å². The van der Waals surface area contributed by atoms with E-state index in [-0.39, 0.29) is 11.9 Å². The summed E-state index contributed by atoms with van der Waals surface area (Å²) in [4.78, 5) is 12.2. The third-order valence-corrected chi connectivity index (χ3v) is 4.57. The highest BCUT2D eigenvalue weighted by atomic mass is 32.2. The van der Waals surface area contributed by atoms with E-state index in [2.05, 4.69) is 20.8 Å². The van der Waals surface area contributed by atoms with Crippen LogP contribution in [0.1, 0.15) is 35.8 Å². The van der Waals surface area contributed by atoms with Gasteiger partial charge in [-0.2, -0.15) is 0 Å². The van der Waals surface area contributed by atoms with Crippen molar-refractivity contribution in [3.63, 3.8) is 0 Å². The molecule has 0 atom stereocenters. The first-order chi connectivity index (χ1) is 12.1. The number of nitrogens with one attached hydrogen (secondary N) is 1. The van der Waals surface area contributed by atoms with Gasteiger partial charge in [0.2, 0.25) is 5.16 Å². The van der Waals surface area contributed by atoms with Crippen LogP contribution in [0, 0.1) is 0 Å². The van der Waals surface area contributed by atoms with Crippen LogP contribution < -0.4 is 5.32 Å². The fraction of sp³-hybridized carbons (Fsp3) is 0.222. The molecule has 0 unspecified atom stereocenters. The van der Waals surface area contributed by atoms with Crippen molar-refractivity contribution in [1.82, 2.24) is 20.2 Å². The van der Waals surface area contributed by atoms with Crippen molar-refractivity contribution >= 4 is 23.4 Å². The lowest BCUT2D eigenvalue weighted by Crippen LogP contribution is -2.11. The summed E-state index contributed by atoms with van der Waals surface area (Å²) in [6.45, 7) is 4.08. The maximum absolute atomic E-state index is 12.2. The number of hydrogen-bond donors (Lipinski definition) is 1. The van der Waals surface area contributed by atoms with Gasteiger partial charge in [0.1, 0.15) is 0 Å². The lowest BCUT2D eigenvalue weighted by molar-refractivity contribution is 0.102. The summed E-state index contributed by atoms with van der Waals surface area (Å²) < 4.78 is 1.80. The van der Waals surface area contributed by atoms with Gasteiger partial charge in [-0.1, -0.05) is 42.1 Å². The van der Waals surface area contributed by atoms with E-state index in [1.807, 2.05) is 68.4 Å². The normalized spacial score (nSPS) is 10.8. The Kier molecular flexibility index (Phi) is 5.45. The molecule has 2 aromatic carbocycles. The molecule has 0 saturated carbocycles. The van der Waals surface area contributed by atoms with Gasteiger partial charge in [-0.15, -0.1) is 5.10 Å². The minimum absolute atomic E-state index is 0.117. The summed E-state index contributed by atoms with van der Waals surface area (Å²) >= 11 is 1.58. The van der Waals surface area contributed by atoms with Crippen molar-refractivity contribution in [3.8, 4) is 0 Å². The molecule has 0 aliphatic carbocycles. The lowest BCUT2D eigenvalue weighted by Gasteiger charge is -2.08. The molecule has 0 radical (unpaired) electrons. The number of nitrogens with zero attached hydrogens (tertiary/aromatic N) is 4. The summed E-state index contributed by atoms with van der Waals surface area (Å²) in [5.74, 6) is 0.627. The maximum atomic E-state index is 12.2. The number of rotatable bonds is 6. The number of carbonyl (C=O) groups excluding carboxylic acids is 1. The average Bonchev–Trinajstić information content (AvgIpc) is 3.10. The molecule has 1 N–H and O–H groups in total. The molecular weight excluding hydrogens is 334 g/mol. The molecule has 0 aliphatic heterocycles. The Labute approximate surface area is 150 Å². The second kappa shape index (κ2) is 7.94. The zero-order valence-electron chi connectivity index (χ0n) is 14.1. The zero-order valence-corrected chi connectivity index (χ0v) is 14.9. The van der Waals surface area contributed by atoms with E-state index in [9.17, 15) is 4.79 Å². The van der Waals surface area contributed by atoms with Gasteiger partial charge in [0, 0.05) is 17.0 Å². The highest BCUT2D eigenvalue weighted by Gasteiger charge is 2.10. The quantitative estimate of drug-likeness (QED) is 0.683. The predicted molar refractivity (Wildman–Crippen MR) is 98.6 cm³/mol. The molecular formula is C18H19N5OS. The van der Waals surface area contributed by atoms with Crippen molar-refractivity contribution < 1.29 is 4.79 Å². The van der Waals surface area contributed by atoms with Crippen molar-refractivity contribution in [2.45, 2.75) is 30.8 Å². The molecule has 25 heavy (non-hydrogen) atoms. The molecule has 0 aliphatic rings. The van der Waals surface area contributed by atoms with Crippen molar-refractivity contribution in [1.29, 1.82) is 0 Å². The molecule has 1 aromatic heterocycles. The Bertz CT molecular complexity index is 830. The molecule has 0 fully saturated rings. The minimum atomic E-state index is -0.117. The topological polar surface area (TPSA) is 72.7 Å². The Balaban J connectivity index is 1.60. The third-order valence-electron chi connectivity index (χ3n) is 3.57. The second-order valence-corrected chi connectivity index (χ2v) is 6.75. The number of para-hydroxylation sites is 1. The number of benzene rings is 2. The van der Waals surface area contributed by atoms with E-state index in [1.165, 1.54) is 0 Å². The summed E-state index contributed by atoms with van der Waals surface area (Å²) in [7, 11) is 0. The standard InChI is InChI=1S/C18H19N5OS/c1-13(2)23-18(20-21-22-23)25-12-14-8-10-15(11-9-14)17(24)19-16-6-4-3-5-7-16/h3-11,13H,12H2,1-2H3,(H,19,24). The average molecular weight is 353 g/mol. The summed E-state index contributed by atoms with van der Waals surface area (Å²) in [6, 6.07) is 17.2. The summed E-state index contributed by atoms with van der Waals surface area (Å²) in [6.07, 6.45) is 0. The largest absolute Gasteiger partial charge is 0.322 e. The van der Waals surface area contributed by atoms with Crippen LogP contribution in [-0.2, 0) is 5.75 Å². The first kappa shape index (κ1) is 17.2. The fourth-order valence-electron chi connectivity index (χ4n) is 2.23. The van der Waals surface area contributed by atoms with Crippen LogP contribution in [0.4, 0.5) is 5.69 Å². The van der Waals surface area contributed by atoms with Crippen molar-refractivity contribution in [3.05, 3.63) is 65.7 Å². The monoisotopic (exact) mass is 353 g/mol. The zero-order chi connectivity index (χ0) is 17.6. The van der Waals surface area contributed by atoms with Gasteiger partial charge in [0.15, 0.2) is 0 Å². The Morgan fingerprint density at radius 3 is 2.52 bits per heavy atom. The molecule has 1 amide bonds. The Hall–Kier alpha value is -2.67. The minimum Gasteiger partial charge on any atom is -0.322 e. The number of carbonyl (C=O) groups is 1. The SMILES string of the molecule is CC(C)n1nnnc1SCc1ccc(C(=O)Nc2ccccc2)cc1. The summed E-state index contributed by atoms with van der Waals surface area (Å²) in [5, 5.41) is 15.4. The molecule has 0 saturated heterocycles. The van der Waals surface area contributed by atoms with Crippen LogP contribution in [-0.4, -0.2) is 26.1 Å². The molecule has 7 heteroatoms. The second-order valence-electron chi connectivity index (χ2n) is 5.81. The van der Waals surface area contributed by atoms with Gasteiger partial charge in [0.05, 0.1) is 6.04 Å². The lowest BCUT2D eigenvalue weighted by atomic mass is 10.1. The van der Waals surface area contributed by atoms with Crippen molar-refractivity contribution in [2.75, 3.05) is 5.32 Å². The van der Waals surface area contributed by atoms with E-state index in [4.69, 9.17) is 0 Å². The number of anilines is 1. The van der Waals surface area contributed by atoms with Gasteiger partial charge in [-0.05, 0) is 54.1 Å². The molecule has 6 nitrogen and oxygen atoms in total. The third kappa shape index (κ3) is 4.45. The highest BCUT2D eigenvalue weighted by molar-refractivity contribution is 7.98. The summed E-state index contributed by atoms with van der Waals surface area (Å²) in [5.41, 5.74) is 2.52. The Morgan fingerprint density at radius 2 is 1.84 bits per heavy atom. The van der Waals surface area contributed by atoms with Crippen LogP contribution in [0.25, 0.3) is 0 Å². The first-order valence-electron chi connectivity index (χ1n) is 7.99. The van der Waals surface area contributed by atoms with E-state index in [0.717, 1.165) is 22.2 Å². The molecule has 3 rings (SSSR count). The predicted octanol–water partition coefficient (Wildman–Crippen LogP) is 3.80. The number of thioether (sulfide) groups is 1. The smallest absolute Gasteiger partial charge is 0.255 e. The van der Waals surface area contributed by atoms with Gasteiger partial charge < -0.3 is 5.32 Å². The molecule has 0 spiro atoms. The number of amides is 1. The highest BCUT2D eigenvalue weighted by Crippen LogP contribution is 2.22. The van der Waals surface area contributed by atoms with Gasteiger partial charge >= 0.3 is 0 Å². The fourth-order valence-corrected chi connectivity index (χ4v) is 3.19. The van der Waals surface area contributed by atoms with Crippen LogP contribution in [0.2, 0.25) is 0 Å². The molecule has 1 heterocycles. The van der Waals surface area contributed by atoms with E-state index < -0.39 is 0 Å². The van der Waals surface area contributed by atoms with Crippen LogP contribution in [0.3, 0.4) is 0 Å². The first-order valence-corrected chi connectivity index (χ1v) is 8.98. The molecule has 128 valence electrons. The van der Waals surface area contributed by atoms with Crippen LogP contribution >= 0.6 is 11.8 Å². The van der Waals surface area contributed by atoms with Gasteiger partial charge in [-0.3, -0.25) is 4.79 Å². The van der Waals surface area contributed by atoms with Crippen molar-refractivity contribution in [2.24, 2.45) is 0 Å². The van der Waals surface area contributed by atoms with Gasteiger partial charge in [0.25, 0.3) is 5.91 Å². The van der Waals surface area contributed by atoms with Crippen LogP contribution in [0.5, 0.6) is 0 Å². The van der Waals surface area contributed by atoms with Gasteiger partial charge in [-0.25, -0.2) is 4.68 Å². The number of tetrazole rings is 1. The van der Waals surface area contributed by atoms with E-state index in [0.29, 0.717) is 5.56 Å². The van der Waals surface area contributed by atoms with E-state index in [1.54, 1.807) is 16.4 Å². The maximum Gasteiger partial charge on any atom is 0.255 e.